The third-order valence-corrected chi connectivity index (χ3v) is 4.60. The average molecular weight is 331 g/mol. The van der Waals surface area contributed by atoms with Crippen molar-refractivity contribution in [1.29, 1.82) is 0 Å². The van der Waals surface area contributed by atoms with Gasteiger partial charge in [0.15, 0.2) is 9.84 Å². The summed E-state index contributed by atoms with van der Waals surface area (Å²) in [6.45, 7) is 5.11. The van der Waals surface area contributed by atoms with E-state index in [0.29, 0.717) is 24.5 Å². The molecule has 0 fully saturated rings. The molecule has 21 heavy (non-hydrogen) atoms. The minimum atomic E-state index is -3.33. The van der Waals surface area contributed by atoms with E-state index in [1.807, 2.05) is 24.5 Å². The Bertz CT molecular complexity index is 740. The average Bonchev–Trinajstić information content (AvgIpc) is 2.76. The van der Waals surface area contributed by atoms with E-state index >= 15 is 0 Å². The summed E-state index contributed by atoms with van der Waals surface area (Å²) >= 11 is 5.96. The third-order valence-electron chi connectivity index (χ3n) is 3.23. The van der Waals surface area contributed by atoms with Crippen molar-refractivity contribution in [2.75, 3.05) is 12.9 Å². The number of hydrogen-bond acceptors (Lipinski definition) is 4. The van der Waals surface area contributed by atoms with Gasteiger partial charge in [-0.05, 0) is 26.0 Å². The van der Waals surface area contributed by atoms with Crippen LogP contribution in [0.2, 0.25) is 0 Å². The van der Waals surface area contributed by atoms with E-state index in [9.17, 15) is 8.42 Å². The zero-order valence-electron chi connectivity index (χ0n) is 12.3. The molecule has 1 atom stereocenters. The lowest BCUT2D eigenvalue weighted by Crippen LogP contribution is -2.17. The van der Waals surface area contributed by atoms with Gasteiger partial charge < -0.3 is 9.30 Å². The van der Waals surface area contributed by atoms with E-state index in [0.717, 1.165) is 5.52 Å². The first-order valence-corrected chi connectivity index (χ1v) is 9.16. The number of aromatic nitrogens is 2. The molecule has 1 aromatic carbocycles. The molecule has 0 aliphatic heterocycles. The standard InChI is InChI=1S/C14H19ClN2O3S/c1-4-20-10(2)9-17-11-6-5-7-12(21(3,18)19)14(11)16-13(17)8-15/h5-7,10H,4,8-9H2,1-3H3. The van der Waals surface area contributed by atoms with Gasteiger partial charge in [0.1, 0.15) is 11.3 Å². The number of alkyl halides is 1. The second-order valence-electron chi connectivity index (χ2n) is 4.93. The normalized spacial score (nSPS) is 13.7. The summed E-state index contributed by atoms with van der Waals surface area (Å²) in [6, 6.07) is 5.14. The highest BCUT2D eigenvalue weighted by atomic mass is 35.5. The van der Waals surface area contributed by atoms with Gasteiger partial charge in [0.05, 0.1) is 28.9 Å². The van der Waals surface area contributed by atoms with Crippen LogP contribution in [0, 0.1) is 0 Å². The number of ether oxygens (including phenoxy) is 1. The van der Waals surface area contributed by atoms with Crippen LogP contribution in [0.15, 0.2) is 23.1 Å². The molecular formula is C14H19ClN2O3S. The first-order valence-electron chi connectivity index (χ1n) is 6.74. The molecule has 2 rings (SSSR count). The maximum atomic E-state index is 11.9. The highest BCUT2D eigenvalue weighted by Crippen LogP contribution is 2.25. The van der Waals surface area contributed by atoms with Gasteiger partial charge in [-0.15, -0.1) is 11.6 Å². The molecule has 1 unspecified atom stereocenters. The maximum absolute atomic E-state index is 11.9. The number of sulfone groups is 1. The number of rotatable bonds is 6. The molecule has 0 bridgehead atoms. The van der Waals surface area contributed by atoms with Crippen molar-refractivity contribution in [3.05, 3.63) is 24.0 Å². The molecule has 0 saturated carbocycles. The predicted octanol–water partition coefficient (Wildman–Crippen LogP) is 2.60. The van der Waals surface area contributed by atoms with Gasteiger partial charge in [0, 0.05) is 12.9 Å². The van der Waals surface area contributed by atoms with Gasteiger partial charge in [0.2, 0.25) is 0 Å². The summed E-state index contributed by atoms with van der Waals surface area (Å²) in [5, 5.41) is 0. The zero-order valence-corrected chi connectivity index (χ0v) is 13.9. The molecule has 1 heterocycles. The highest BCUT2D eigenvalue weighted by Gasteiger charge is 2.19. The fraction of sp³-hybridized carbons (Fsp3) is 0.500. The minimum absolute atomic E-state index is 0.00347. The van der Waals surface area contributed by atoms with Crippen LogP contribution in [0.25, 0.3) is 11.0 Å². The molecule has 7 heteroatoms. The zero-order chi connectivity index (χ0) is 15.6. The van der Waals surface area contributed by atoms with Crippen LogP contribution < -0.4 is 0 Å². The van der Waals surface area contributed by atoms with Gasteiger partial charge in [-0.3, -0.25) is 0 Å². The SMILES string of the molecule is CCOC(C)Cn1c(CCl)nc2c(S(C)(=O)=O)cccc21. The molecule has 0 aliphatic carbocycles. The fourth-order valence-electron chi connectivity index (χ4n) is 2.37. The predicted molar refractivity (Wildman–Crippen MR) is 83.5 cm³/mol. The van der Waals surface area contributed by atoms with Crippen LogP contribution in [0.3, 0.4) is 0 Å². The van der Waals surface area contributed by atoms with E-state index in [4.69, 9.17) is 16.3 Å². The number of benzene rings is 1. The van der Waals surface area contributed by atoms with E-state index in [1.54, 1.807) is 12.1 Å². The Kier molecular flexibility index (Phi) is 4.91. The molecule has 0 amide bonds. The molecule has 0 radical (unpaired) electrons. The van der Waals surface area contributed by atoms with Gasteiger partial charge in [-0.25, -0.2) is 13.4 Å². The van der Waals surface area contributed by atoms with Crippen LogP contribution in [0.1, 0.15) is 19.7 Å². The Balaban J connectivity index is 2.60. The number of fused-ring (bicyclic) bond motifs is 1. The van der Waals surface area contributed by atoms with Crippen molar-refractivity contribution >= 4 is 32.5 Å². The van der Waals surface area contributed by atoms with Crippen LogP contribution in [0.5, 0.6) is 0 Å². The lowest BCUT2D eigenvalue weighted by molar-refractivity contribution is 0.0643. The topological polar surface area (TPSA) is 61.2 Å². The number of halogens is 1. The quantitative estimate of drug-likeness (QED) is 0.764. The summed E-state index contributed by atoms with van der Waals surface area (Å²) in [7, 11) is -3.33. The molecule has 0 spiro atoms. The molecular weight excluding hydrogens is 312 g/mol. The summed E-state index contributed by atoms with van der Waals surface area (Å²) < 4.78 is 31.2. The Morgan fingerprint density at radius 1 is 1.43 bits per heavy atom. The third kappa shape index (κ3) is 3.39. The van der Waals surface area contributed by atoms with E-state index in [2.05, 4.69) is 4.98 Å². The highest BCUT2D eigenvalue weighted by molar-refractivity contribution is 7.91. The Hall–Kier alpha value is -1.11. The van der Waals surface area contributed by atoms with Crippen LogP contribution in [-0.4, -0.2) is 36.9 Å². The molecule has 1 aromatic heterocycles. The number of nitrogens with zero attached hydrogens (tertiary/aromatic N) is 2. The lowest BCUT2D eigenvalue weighted by atomic mass is 10.3. The summed E-state index contributed by atoms with van der Waals surface area (Å²) in [5.74, 6) is 0.866. The van der Waals surface area contributed by atoms with Crippen LogP contribution in [-0.2, 0) is 27.0 Å². The van der Waals surface area contributed by atoms with E-state index in [1.165, 1.54) is 6.26 Å². The number of imidazole rings is 1. The van der Waals surface area contributed by atoms with Crippen molar-refractivity contribution in [2.24, 2.45) is 0 Å². The van der Waals surface area contributed by atoms with Crippen molar-refractivity contribution < 1.29 is 13.2 Å². The summed E-state index contributed by atoms with van der Waals surface area (Å²) in [4.78, 5) is 4.64. The van der Waals surface area contributed by atoms with Crippen molar-refractivity contribution in [3.8, 4) is 0 Å². The first kappa shape index (κ1) is 16.3. The first-order chi connectivity index (χ1) is 9.88. The van der Waals surface area contributed by atoms with E-state index in [-0.39, 0.29) is 16.9 Å². The van der Waals surface area contributed by atoms with Gasteiger partial charge in [-0.2, -0.15) is 0 Å². The Morgan fingerprint density at radius 2 is 2.14 bits per heavy atom. The van der Waals surface area contributed by atoms with Crippen molar-refractivity contribution in [3.63, 3.8) is 0 Å². The Labute approximate surface area is 129 Å². The number of hydrogen-bond donors (Lipinski definition) is 0. The van der Waals surface area contributed by atoms with E-state index < -0.39 is 9.84 Å². The smallest absolute Gasteiger partial charge is 0.177 e. The number of para-hydroxylation sites is 1. The largest absolute Gasteiger partial charge is 0.377 e. The van der Waals surface area contributed by atoms with Gasteiger partial charge in [0.25, 0.3) is 0 Å². The second-order valence-corrected chi connectivity index (χ2v) is 7.19. The minimum Gasteiger partial charge on any atom is -0.377 e. The second kappa shape index (κ2) is 6.34. The molecule has 0 saturated heterocycles. The molecule has 2 aromatic rings. The van der Waals surface area contributed by atoms with Crippen LogP contribution in [0.4, 0.5) is 0 Å². The molecule has 0 aliphatic rings. The Morgan fingerprint density at radius 3 is 2.71 bits per heavy atom. The molecule has 116 valence electrons. The lowest BCUT2D eigenvalue weighted by Gasteiger charge is -2.14. The summed E-state index contributed by atoms with van der Waals surface area (Å²) in [5.41, 5.74) is 1.24. The summed E-state index contributed by atoms with van der Waals surface area (Å²) in [6.07, 6.45) is 1.18. The van der Waals surface area contributed by atoms with Crippen molar-refractivity contribution in [2.45, 2.75) is 37.3 Å². The van der Waals surface area contributed by atoms with Gasteiger partial charge >= 0.3 is 0 Å². The van der Waals surface area contributed by atoms with Gasteiger partial charge in [-0.1, -0.05) is 6.07 Å². The molecule has 5 nitrogen and oxygen atoms in total. The monoisotopic (exact) mass is 330 g/mol. The maximum Gasteiger partial charge on any atom is 0.177 e. The van der Waals surface area contributed by atoms with Crippen LogP contribution >= 0.6 is 11.6 Å². The fourth-order valence-corrected chi connectivity index (χ4v) is 3.40. The van der Waals surface area contributed by atoms with Crippen molar-refractivity contribution in [1.82, 2.24) is 9.55 Å². The molecule has 0 N–H and O–H groups in total.